The molecule has 5 rings (SSSR count). The summed E-state index contributed by atoms with van der Waals surface area (Å²) in [5.74, 6) is 0.930. The second kappa shape index (κ2) is 6.82. The minimum absolute atomic E-state index is 0.363. The van der Waals surface area contributed by atoms with Crippen LogP contribution in [0.2, 0.25) is 0 Å². The molecule has 1 aliphatic carbocycles. The van der Waals surface area contributed by atoms with Gasteiger partial charge in [0.05, 0.1) is 0 Å². The van der Waals surface area contributed by atoms with E-state index < -0.39 is 5.60 Å². The van der Waals surface area contributed by atoms with Crippen LogP contribution in [0.25, 0.3) is 33.1 Å². The molecule has 2 aromatic carbocycles. The summed E-state index contributed by atoms with van der Waals surface area (Å²) in [6, 6.07) is 12.6. The molecule has 1 saturated carbocycles. The zero-order valence-corrected chi connectivity index (χ0v) is 18.9. The Morgan fingerprint density at radius 1 is 1.14 bits per heavy atom. The van der Waals surface area contributed by atoms with Crippen LogP contribution >= 0.6 is 0 Å². The maximum absolute atomic E-state index is 10.3. The summed E-state index contributed by atoms with van der Waals surface area (Å²) in [6.07, 6.45) is 4.26. The minimum atomic E-state index is -0.887. The van der Waals surface area contributed by atoms with Crippen LogP contribution in [0.4, 0.5) is 0 Å². The molecule has 0 spiro atoms. The Morgan fingerprint density at radius 2 is 1.90 bits per heavy atom. The summed E-state index contributed by atoms with van der Waals surface area (Å²) >= 11 is 1.44. The summed E-state index contributed by atoms with van der Waals surface area (Å²) in [7, 11) is 0. The fourth-order valence-electron chi connectivity index (χ4n) is 3.53. The van der Waals surface area contributed by atoms with Crippen molar-refractivity contribution >= 4 is 43.1 Å². The first-order chi connectivity index (χ1) is 13.9. The summed E-state index contributed by atoms with van der Waals surface area (Å²) in [5, 5.41) is 18.3. The van der Waals surface area contributed by atoms with Crippen LogP contribution in [-0.2, 0) is 6.54 Å². The van der Waals surface area contributed by atoms with Gasteiger partial charge in [-0.3, -0.25) is 0 Å². The summed E-state index contributed by atoms with van der Waals surface area (Å²) in [4.78, 5) is 8.85. The molecule has 0 saturated heterocycles. The van der Waals surface area contributed by atoms with Crippen molar-refractivity contribution < 1.29 is 9.84 Å². The fraction of sp³-hybridized carbons (Fsp3) is 0.318. The molecule has 148 valence electrons. The zero-order valence-electron chi connectivity index (χ0n) is 16.5. The molecule has 2 aromatic heterocycles. The van der Waals surface area contributed by atoms with Crippen molar-refractivity contribution in [2.75, 3.05) is 0 Å². The van der Waals surface area contributed by atoms with Crippen molar-refractivity contribution in [1.82, 2.24) is 19.7 Å². The number of fused-ring (bicyclic) bond motifs is 2. The number of benzene rings is 2. The molecule has 1 atom stereocenters. The topological polar surface area (TPSA) is 73.1 Å². The van der Waals surface area contributed by atoms with E-state index in [0.717, 1.165) is 56.1 Å². The number of nitrogens with zero attached hydrogens (tertiary/aromatic N) is 4. The van der Waals surface area contributed by atoms with Crippen molar-refractivity contribution in [1.29, 1.82) is 0 Å². The zero-order chi connectivity index (χ0) is 20.2. The summed E-state index contributed by atoms with van der Waals surface area (Å²) in [5.41, 5.74) is 1.73. The van der Waals surface area contributed by atoms with Gasteiger partial charge in [0.25, 0.3) is 0 Å². The maximum atomic E-state index is 10.3. The van der Waals surface area contributed by atoms with Crippen molar-refractivity contribution in [3.8, 4) is 17.0 Å². The molecule has 0 amide bonds. The summed E-state index contributed by atoms with van der Waals surface area (Å²) in [6.45, 7) is 3.91. The quantitative estimate of drug-likeness (QED) is 0.472. The first kappa shape index (κ1) is 18.6. The number of aliphatic hydroxyl groups is 1. The van der Waals surface area contributed by atoms with Gasteiger partial charge < -0.3 is 0 Å². The number of aromatic nitrogens is 4. The van der Waals surface area contributed by atoms with Gasteiger partial charge in [0, 0.05) is 0 Å². The summed E-state index contributed by atoms with van der Waals surface area (Å²) < 4.78 is 8.64. The molecule has 0 radical (unpaired) electrons. The van der Waals surface area contributed by atoms with E-state index in [2.05, 4.69) is 40.3 Å². The molecule has 4 aromatic rings. The van der Waals surface area contributed by atoms with E-state index in [4.69, 9.17) is 9.84 Å². The van der Waals surface area contributed by atoms with Gasteiger partial charge in [-0.15, -0.1) is 0 Å². The molecule has 0 aliphatic heterocycles. The molecule has 1 unspecified atom stereocenters. The van der Waals surface area contributed by atoms with Gasteiger partial charge in [0.1, 0.15) is 0 Å². The third kappa shape index (κ3) is 3.75. The molecule has 1 N–H and O–H groups in total. The Bertz CT molecular complexity index is 1220. The van der Waals surface area contributed by atoms with Crippen molar-refractivity contribution in [3.63, 3.8) is 0 Å². The molecule has 2 heterocycles. The first-order valence-electron chi connectivity index (χ1n) is 9.78. The van der Waals surface area contributed by atoms with Gasteiger partial charge >= 0.3 is 177 Å². The SMILES string of the molecule is CC(C)(O)Cn1nc(-c2ccc3cc(OC4CC4)ccc3c2)c2c([AsH2])ncnc21. The van der Waals surface area contributed by atoms with Crippen LogP contribution in [0, 0.1) is 0 Å². The van der Waals surface area contributed by atoms with Gasteiger partial charge in [-0.05, 0) is 0 Å². The Balaban J connectivity index is 1.61. The normalized spacial score (nSPS) is 14.6. The van der Waals surface area contributed by atoms with Gasteiger partial charge in [-0.25, -0.2) is 0 Å². The van der Waals surface area contributed by atoms with Gasteiger partial charge in [-0.1, -0.05) is 0 Å². The Kier molecular flexibility index (Phi) is 4.37. The average molecular weight is 450 g/mol. The van der Waals surface area contributed by atoms with E-state index in [1.165, 1.54) is 16.9 Å². The van der Waals surface area contributed by atoms with E-state index in [0.29, 0.717) is 12.6 Å². The van der Waals surface area contributed by atoms with Crippen LogP contribution in [0.3, 0.4) is 0 Å². The first-order valence-corrected chi connectivity index (χ1v) is 11.0. The monoisotopic (exact) mass is 450 g/mol. The van der Waals surface area contributed by atoms with Crippen LogP contribution < -0.4 is 9.22 Å². The van der Waals surface area contributed by atoms with Crippen molar-refractivity contribution in [2.24, 2.45) is 0 Å². The van der Waals surface area contributed by atoms with E-state index >= 15 is 0 Å². The molecule has 1 aliphatic rings. The van der Waals surface area contributed by atoms with E-state index in [9.17, 15) is 5.11 Å². The fourth-order valence-corrected chi connectivity index (χ4v) is 4.23. The predicted molar refractivity (Wildman–Crippen MR) is 116 cm³/mol. The molecule has 29 heavy (non-hydrogen) atoms. The number of hydrogen-bond donors (Lipinski definition) is 1. The average Bonchev–Trinajstić information content (AvgIpc) is 3.41. The Morgan fingerprint density at radius 3 is 2.66 bits per heavy atom. The van der Waals surface area contributed by atoms with E-state index in [1.807, 2.05) is 6.07 Å². The van der Waals surface area contributed by atoms with Crippen molar-refractivity contribution in [3.05, 3.63) is 42.7 Å². The standard InChI is InChI=1S/C22H23AsN4O2/c1-22(2,28)11-27-21-18(20(23)24-12-25-21)19(26-27)15-4-3-14-10-17(29-16-7-8-16)6-5-13(14)9-15/h3-6,9-10,12,16,28H,7-8,11,23H2,1-2H3. The molecule has 0 bridgehead atoms. The molecular weight excluding hydrogens is 427 g/mol. The number of ether oxygens (including phenoxy) is 1. The third-order valence-electron chi connectivity index (χ3n) is 5.01. The van der Waals surface area contributed by atoms with Crippen LogP contribution in [0.15, 0.2) is 42.7 Å². The van der Waals surface area contributed by atoms with Crippen LogP contribution in [0.1, 0.15) is 26.7 Å². The third-order valence-corrected chi connectivity index (χ3v) is 5.93. The number of rotatable bonds is 5. The Hall–Kier alpha value is -2.43. The van der Waals surface area contributed by atoms with Gasteiger partial charge in [0.2, 0.25) is 0 Å². The van der Waals surface area contributed by atoms with E-state index in [1.54, 1.807) is 24.9 Å². The van der Waals surface area contributed by atoms with Gasteiger partial charge in [-0.2, -0.15) is 0 Å². The molecule has 6 nitrogen and oxygen atoms in total. The molecule has 1 fully saturated rings. The second-order valence-corrected chi connectivity index (χ2v) is 9.46. The number of hydrogen-bond acceptors (Lipinski definition) is 5. The van der Waals surface area contributed by atoms with Crippen LogP contribution in [0.5, 0.6) is 5.75 Å². The second-order valence-electron chi connectivity index (χ2n) is 8.32. The van der Waals surface area contributed by atoms with E-state index in [-0.39, 0.29) is 0 Å². The predicted octanol–water partition coefficient (Wildman–Crippen LogP) is 2.22. The van der Waals surface area contributed by atoms with Gasteiger partial charge in [0.15, 0.2) is 0 Å². The molecule has 7 heteroatoms. The van der Waals surface area contributed by atoms with Crippen LogP contribution in [-0.4, -0.2) is 53.4 Å². The molecular formula is C22H23AsN4O2. The van der Waals surface area contributed by atoms with Crippen molar-refractivity contribution in [2.45, 2.75) is 44.9 Å². The Labute approximate surface area is 177 Å².